The first kappa shape index (κ1) is 26.3. The molecule has 0 aromatic heterocycles. The quantitative estimate of drug-likeness (QED) is 0.427. The van der Waals surface area contributed by atoms with E-state index in [-0.39, 0.29) is 41.8 Å². The maximum Gasteiger partial charge on any atom is 0.410 e. The Bertz CT molecular complexity index is 987. The summed E-state index contributed by atoms with van der Waals surface area (Å²) < 4.78 is 17.7. The van der Waals surface area contributed by atoms with Crippen molar-refractivity contribution in [2.45, 2.75) is 103 Å². The van der Waals surface area contributed by atoms with Crippen molar-refractivity contribution in [2.24, 2.45) is 17.3 Å². The average Bonchev–Trinajstić information content (AvgIpc) is 3.74. The summed E-state index contributed by atoms with van der Waals surface area (Å²) in [5.74, 6) is 1.10. The molecule has 5 rings (SSSR count). The Labute approximate surface area is 221 Å². The Hall–Kier alpha value is -2.28. The van der Waals surface area contributed by atoms with Crippen LogP contribution >= 0.6 is 0 Å². The van der Waals surface area contributed by atoms with Gasteiger partial charge in [0.15, 0.2) is 0 Å². The minimum Gasteiger partial charge on any atom is -0.445 e. The number of hydrogen-bond donors (Lipinski definition) is 0. The van der Waals surface area contributed by atoms with E-state index in [1.54, 1.807) is 0 Å². The molecule has 2 spiro atoms. The minimum atomic E-state index is -0.552. The Kier molecular flexibility index (Phi) is 6.97. The lowest BCUT2D eigenvalue weighted by Gasteiger charge is -2.43. The van der Waals surface area contributed by atoms with Gasteiger partial charge in [0.2, 0.25) is 0 Å². The van der Waals surface area contributed by atoms with Crippen LogP contribution in [0.5, 0.6) is 0 Å². The summed E-state index contributed by atoms with van der Waals surface area (Å²) in [4.78, 5) is 30.6. The number of nitrogens with zero attached hydrogens (tertiary/aromatic N) is 2. The monoisotopic (exact) mass is 512 g/mol. The van der Waals surface area contributed by atoms with Gasteiger partial charge in [-0.15, -0.1) is 0 Å². The van der Waals surface area contributed by atoms with E-state index >= 15 is 0 Å². The summed E-state index contributed by atoms with van der Waals surface area (Å²) in [5.41, 5.74) is 0.162. The number of likely N-dealkylation sites (tertiary alicyclic amines) is 1. The highest BCUT2D eigenvalue weighted by Gasteiger charge is 2.70. The Morgan fingerprint density at radius 3 is 2.46 bits per heavy atom. The molecule has 0 radical (unpaired) electrons. The molecule has 4 fully saturated rings. The number of hydrogen-bond acceptors (Lipinski definition) is 5. The standard InChI is InChI=1S/C30H44N2O5/c1-21(2)32(27(34)36-18-22-9-7-6-8-10-22)25-16-29(25)13-14-30(15-24(30)19-35-17-23-11-12-23)31(20-29)26(33)37-28(3,4)5/h6-10,21,23-25H,11-20H2,1-5H3/t24-,25?,29?,30+/m0/s1. The number of carbonyl (C=O) groups excluding carboxylic acids is 2. The summed E-state index contributed by atoms with van der Waals surface area (Å²) in [6.45, 7) is 12.3. The van der Waals surface area contributed by atoms with Gasteiger partial charge in [-0.3, -0.25) is 0 Å². The number of amides is 2. The molecule has 37 heavy (non-hydrogen) atoms. The fourth-order valence-electron chi connectivity index (χ4n) is 6.25. The SMILES string of the molecule is CC(C)N(C(=O)OCc1ccccc1)C1CC12CC[C@]1(C[C@H]1COCC1CC1)N(C(=O)OC(C)(C)C)C2. The second-order valence-corrected chi connectivity index (χ2v) is 13.2. The van der Waals surface area contributed by atoms with Crippen LogP contribution in [0.3, 0.4) is 0 Å². The van der Waals surface area contributed by atoms with Crippen molar-refractivity contribution in [2.75, 3.05) is 19.8 Å². The molecule has 204 valence electrons. The van der Waals surface area contributed by atoms with Gasteiger partial charge in [0.1, 0.15) is 12.2 Å². The fraction of sp³-hybridized carbons (Fsp3) is 0.733. The molecule has 1 heterocycles. The molecule has 3 aliphatic carbocycles. The molecule has 4 atom stereocenters. The summed E-state index contributed by atoms with van der Waals surface area (Å²) in [6, 6.07) is 9.87. The average molecular weight is 513 g/mol. The third-order valence-electron chi connectivity index (χ3n) is 8.70. The van der Waals surface area contributed by atoms with Crippen LogP contribution in [0.1, 0.15) is 78.7 Å². The van der Waals surface area contributed by atoms with Crippen LogP contribution in [0, 0.1) is 17.3 Å². The van der Waals surface area contributed by atoms with Crippen molar-refractivity contribution in [3.05, 3.63) is 35.9 Å². The topological polar surface area (TPSA) is 68.3 Å². The van der Waals surface area contributed by atoms with Crippen molar-refractivity contribution in [1.82, 2.24) is 9.80 Å². The highest BCUT2D eigenvalue weighted by Crippen LogP contribution is 2.64. The second-order valence-electron chi connectivity index (χ2n) is 13.2. The highest BCUT2D eigenvalue weighted by atomic mass is 16.6. The van der Waals surface area contributed by atoms with E-state index in [4.69, 9.17) is 14.2 Å². The van der Waals surface area contributed by atoms with E-state index in [9.17, 15) is 9.59 Å². The van der Waals surface area contributed by atoms with Crippen LogP contribution in [0.15, 0.2) is 30.3 Å². The maximum absolute atomic E-state index is 13.5. The van der Waals surface area contributed by atoms with Gasteiger partial charge in [-0.25, -0.2) is 9.59 Å². The first-order valence-electron chi connectivity index (χ1n) is 14.1. The van der Waals surface area contributed by atoms with Gasteiger partial charge >= 0.3 is 12.2 Å². The van der Waals surface area contributed by atoms with Gasteiger partial charge in [0.05, 0.1) is 12.1 Å². The van der Waals surface area contributed by atoms with Crippen molar-refractivity contribution < 1.29 is 23.8 Å². The maximum atomic E-state index is 13.5. The zero-order valence-electron chi connectivity index (χ0n) is 23.2. The molecule has 1 aliphatic heterocycles. The molecule has 0 bridgehead atoms. The summed E-state index contributed by atoms with van der Waals surface area (Å²) in [6.07, 6.45) is 5.87. The first-order valence-corrected chi connectivity index (χ1v) is 14.1. The molecule has 0 N–H and O–H groups in total. The predicted molar refractivity (Wildman–Crippen MR) is 141 cm³/mol. The van der Waals surface area contributed by atoms with Crippen LogP contribution in [0.4, 0.5) is 9.59 Å². The zero-order chi connectivity index (χ0) is 26.4. The zero-order valence-corrected chi connectivity index (χ0v) is 23.2. The molecule has 1 aromatic rings. The Morgan fingerprint density at radius 1 is 1.08 bits per heavy atom. The molecule has 2 unspecified atom stereocenters. The van der Waals surface area contributed by atoms with Crippen molar-refractivity contribution in [3.8, 4) is 0 Å². The van der Waals surface area contributed by atoms with Crippen LogP contribution in [0.2, 0.25) is 0 Å². The fourth-order valence-corrected chi connectivity index (χ4v) is 6.25. The number of piperidine rings is 1. The van der Waals surface area contributed by atoms with E-state index in [1.165, 1.54) is 12.8 Å². The minimum absolute atomic E-state index is 0.0167. The van der Waals surface area contributed by atoms with E-state index in [2.05, 4.69) is 0 Å². The van der Waals surface area contributed by atoms with Gasteiger partial charge in [-0.1, -0.05) is 30.3 Å². The van der Waals surface area contributed by atoms with Crippen molar-refractivity contribution in [3.63, 3.8) is 0 Å². The van der Waals surface area contributed by atoms with Crippen LogP contribution in [0.25, 0.3) is 0 Å². The van der Waals surface area contributed by atoms with Crippen LogP contribution < -0.4 is 0 Å². The highest BCUT2D eigenvalue weighted by molar-refractivity contribution is 5.72. The number of carbonyl (C=O) groups is 2. The molecule has 7 nitrogen and oxygen atoms in total. The largest absolute Gasteiger partial charge is 0.445 e. The van der Waals surface area contributed by atoms with E-state index < -0.39 is 5.60 Å². The van der Waals surface area contributed by atoms with E-state index in [1.807, 2.05) is 74.8 Å². The number of benzene rings is 1. The first-order chi connectivity index (χ1) is 17.5. The van der Waals surface area contributed by atoms with E-state index in [0.717, 1.165) is 50.4 Å². The third-order valence-corrected chi connectivity index (χ3v) is 8.70. The molecule has 2 amide bonds. The predicted octanol–water partition coefficient (Wildman–Crippen LogP) is 6.01. The van der Waals surface area contributed by atoms with Crippen molar-refractivity contribution in [1.29, 1.82) is 0 Å². The lowest BCUT2D eigenvalue weighted by atomic mass is 9.86. The summed E-state index contributed by atoms with van der Waals surface area (Å²) in [5, 5.41) is 0. The molecule has 7 heteroatoms. The molecule has 1 saturated heterocycles. The normalized spacial score (nSPS) is 30.5. The lowest BCUT2D eigenvalue weighted by molar-refractivity contribution is -0.0157. The molecule has 3 saturated carbocycles. The third kappa shape index (κ3) is 5.76. The smallest absolute Gasteiger partial charge is 0.410 e. The Balaban J connectivity index is 1.26. The number of rotatable bonds is 8. The van der Waals surface area contributed by atoms with Gasteiger partial charge < -0.3 is 24.0 Å². The lowest BCUT2D eigenvalue weighted by Crippen LogP contribution is -2.54. The number of ether oxygens (including phenoxy) is 3. The molecular weight excluding hydrogens is 468 g/mol. The molecule has 4 aliphatic rings. The second kappa shape index (κ2) is 9.79. The van der Waals surface area contributed by atoms with Crippen molar-refractivity contribution >= 4 is 12.2 Å². The van der Waals surface area contributed by atoms with Gasteiger partial charge in [-0.05, 0) is 84.6 Å². The van der Waals surface area contributed by atoms with Gasteiger partial charge in [0.25, 0.3) is 0 Å². The van der Waals surface area contributed by atoms with Crippen LogP contribution in [-0.2, 0) is 20.8 Å². The molecular formula is C30H44N2O5. The summed E-state index contributed by atoms with van der Waals surface area (Å²) >= 11 is 0. The van der Waals surface area contributed by atoms with Crippen LogP contribution in [-0.4, -0.2) is 65.0 Å². The van der Waals surface area contributed by atoms with Gasteiger partial charge in [0, 0.05) is 36.6 Å². The Morgan fingerprint density at radius 2 is 1.81 bits per heavy atom. The van der Waals surface area contributed by atoms with Gasteiger partial charge in [-0.2, -0.15) is 0 Å². The summed E-state index contributed by atoms with van der Waals surface area (Å²) in [7, 11) is 0. The van der Waals surface area contributed by atoms with E-state index in [0.29, 0.717) is 12.5 Å². The molecule has 1 aromatic carbocycles.